The number of pyridine rings is 1. The van der Waals surface area contributed by atoms with Gasteiger partial charge in [-0.15, -0.1) is 11.3 Å². The number of ether oxygens (including phenoxy) is 1. The number of aromatic nitrogens is 5. The average Bonchev–Trinajstić information content (AvgIpc) is 3.49. The van der Waals surface area contributed by atoms with Gasteiger partial charge in [0.1, 0.15) is 4.70 Å². The Kier molecular flexibility index (Phi) is 5.59. The second-order valence-corrected chi connectivity index (χ2v) is 8.87. The molecule has 10 nitrogen and oxygen atoms in total. The van der Waals surface area contributed by atoms with Crippen LogP contribution in [0.25, 0.3) is 37.2 Å². The third-order valence-corrected chi connectivity index (χ3v) is 6.95. The molecule has 0 amide bonds. The van der Waals surface area contributed by atoms with E-state index >= 15 is 0 Å². The number of benzene rings is 1. The predicted octanol–water partition coefficient (Wildman–Crippen LogP) is 3.10. The topological polar surface area (TPSA) is 132 Å². The first-order valence-electron chi connectivity index (χ1n) is 10.6. The molecule has 0 atom stereocenters. The van der Waals surface area contributed by atoms with Crippen molar-refractivity contribution in [2.45, 2.75) is 13.0 Å². The summed E-state index contributed by atoms with van der Waals surface area (Å²) in [5, 5.41) is 23.6. The van der Waals surface area contributed by atoms with Crippen LogP contribution in [0.15, 0.2) is 46.4 Å². The monoisotopic (exact) mass is 501 g/mol. The molecule has 12 heteroatoms. The molecule has 36 heavy (non-hydrogen) atoms. The average molecular weight is 502 g/mol. The Labute approximate surface area is 206 Å². The highest BCUT2D eigenvalue weighted by molar-refractivity contribution is 7.22. The largest absolute Gasteiger partial charge is 0.494 e. The fourth-order valence-electron chi connectivity index (χ4n) is 4.15. The summed E-state index contributed by atoms with van der Waals surface area (Å²) >= 11 is 1.06. The van der Waals surface area contributed by atoms with Crippen molar-refractivity contribution in [3.05, 3.63) is 69.0 Å². The first kappa shape index (κ1) is 23.0. The summed E-state index contributed by atoms with van der Waals surface area (Å²) in [5.41, 5.74) is 0.303. The van der Waals surface area contributed by atoms with Gasteiger partial charge < -0.3 is 4.74 Å². The second-order valence-electron chi connectivity index (χ2n) is 7.82. The van der Waals surface area contributed by atoms with Crippen molar-refractivity contribution in [3.63, 3.8) is 0 Å². The van der Waals surface area contributed by atoms with E-state index in [1.807, 2.05) is 12.1 Å². The summed E-state index contributed by atoms with van der Waals surface area (Å²) < 4.78 is 23.4. The molecular weight excluding hydrogens is 485 g/mol. The molecule has 0 saturated heterocycles. The van der Waals surface area contributed by atoms with E-state index in [0.29, 0.717) is 26.9 Å². The zero-order valence-corrected chi connectivity index (χ0v) is 19.8. The van der Waals surface area contributed by atoms with E-state index < -0.39 is 17.1 Å². The fraction of sp³-hybridized carbons (Fsp3) is 0.167. The molecule has 0 radical (unpaired) electrons. The number of nitriles is 2. The molecule has 4 aromatic heterocycles. The first-order chi connectivity index (χ1) is 17.4. The summed E-state index contributed by atoms with van der Waals surface area (Å²) in [7, 11) is 3.00. The van der Waals surface area contributed by atoms with Crippen LogP contribution in [-0.2, 0) is 13.6 Å². The summed E-state index contributed by atoms with van der Waals surface area (Å²) in [6.45, 7) is 0.0366. The van der Waals surface area contributed by atoms with Crippen LogP contribution in [0, 0.1) is 28.5 Å². The van der Waals surface area contributed by atoms with Crippen LogP contribution in [-0.4, -0.2) is 31.0 Å². The van der Waals surface area contributed by atoms with Gasteiger partial charge >= 0.3 is 5.69 Å². The van der Waals surface area contributed by atoms with Crippen LogP contribution in [0.1, 0.15) is 12.0 Å². The number of halogens is 1. The summed E-state index contributed by atoms with van der Waals surface area (Å²) in [4.78, 5) is 32.0. The van der Waals surface area contributed by atoms with E-state index in [4.69, 9.17) is 4.74 Å². The standard InChI is InChI=1S/C24H16FN7O3S/c1-30-21-14(11-29-30)10-28-12-18(21)32-23(33)22-17(31(24(32)34)5-3-4-26)8-20(36-22)15-7-19(35-2)16(25)6-13(15)9-27/h6-8,10-12H,3,5H2,1-2H3. The SMILES string of the molecule is COc1cc(-c2cc3c(s2)c(=O)n(-c2cncc4cnn(C)c24)c(=O)n3CCC#N)c(C#N)cc1F. The zero-order valence-electron chi connectivity index (χ0n) is 19.0. The van der Waals surface area contributed by atoms with Crippen molar-refractivity contribution in [3.8, 4) is 34.0 Å². The van der Waals surface area contributed by atoms with Crippen LogP contribution in [0.4, 0.5) is 4.39 Å². The van der Waals surface area contributed by atoms with Crippen LogP contribution in [0.2, 0.25) is 0 Å². The second kappa shape index (κ2) is 8.76. The van der Waals surface area contributed by atoms with Crippen molar-refractivity contribution < 1.29 is 9.13 Å². The Hall–Kier alpha value is -4.81. The molecule has 0 aliphatic rings. The van der Waals surface area contributed by atoms with Gasteiger partial charge in [0.05, 0.1) is 60.3 Å². The smallest absolute Gasteiger partial charge is 0.336 e. The minimum absolute atomic E-state index is 0.0281. The molecule has 0 bridgehead atoms. The lowest BCUT2D eigenvalue weighted by molar-refractivity contribution is 0.386. The molecule has 5 rings (SSSR count). The maximum absolute atomic E-state index is 14.2. The van der Waals surface area contributed by atoms with Gasteiger partial charge in [-0.3, -0.25) is 19.0 Å². The summed E-state index contributed by atoms with van der Waals surface area (Å²) in [6, 6.07) is 8.03. The molecule has 5 aromatic rings. The predicted molar refractivity (Wildman–Crippen MR) is 131 cm³/mol. The number of rotatable bonds is 5. The third-order valence-electron chi connectivity index (χ3n) is 5.81. The Morgan fingerprint density at radius 3 is 2.69 bits per heavy atom. The quantitative estimate of drug-likeness (QED) is 0.361. The third kappa shape index (κ3) is 3.43. The van der Waals surface area contributed by atoms with E-state index in [1.54, 1.807) is 30.2 Å². The van der Waals surface area contributed by atoms with Crippen molar-refractivity contribution in [1.29, 1.82) is 10.5 Å². The van der Waals surface area contributed by atoms with Crippen molar-refractivity contribution in [1.82, 2.24) is 23.9 Å². The molecule has 0 N–H and O–H groups in total. The highest BCUT2D eigenvalue weighted by Crippen LogP contribution is 2.36. The number of methoxy groups -OCH3 is 1. The lowest BCUT2D eigenvalue weighted by atomic mass is 10.1. The van der Waals surface area contributed by atoms with Gasteiger partial charge in [0.15, 0.2) is 11.6 Å². The van der Waals surface area contributed by atoms with Crippen LogP contribution >= 0.6 is 11.3 Å². The Morgan fingerprint density at radius 2 is 1.97 bits per heavy atom. The fourth-order valence-corrected chi connectivity index (χ4v) is 5.27. The molecule has 0 fully saturated rings. The van der Waals surface area contributed by atoms with E-state index in [-0.39, 0.29) is 34.7 Å². The van der Waals surface area contributed by atoms with Crippen LogP contribution in [0.5, 0.6) is 5.75 Å². The zero-order chi connectivity index (χ0) is 25.6. The minimum atomic E-state index is -0.691. The molecule has 0 unspecified atom stereocenters. The molecule has 0 aliphatic heterocycles. The number of nitrogens with zero attached hydrogens (tertiary/aromatic N) is 7. The maximum atomic E-state index is 14.2. The van der Waals surface area contributed by atoms with Crippen molar-refractivity contribution in [2.75, 3.05) is 7.11 Å². The Morgan fingerprint density at radius 1 is 1.17 bits per heavy atom. The molecule has 1 aromatic carbocycles. The van der Waals surface area contributed by atoms with E-state index in [9.17, 15) is 24.5 Å². The van der Waals surface area contributed by atoms with Gasteiger partial charge in [0.2, 0.25) is 0 Å². The highest BCUT2D eigenvalue weighted by Gasteiger charge is 2.22. The lowest BCUT2D eigenvalue weighted by Crippen LogP contribution is -2.38. The summed E-state index contributed by atoms with van der Waals surface area (Å²) in [5.74, 6) is -0.751. The number of fused-ring (bicyclic) bond motifs is 2. The van der Waals surface area contributed by atoms with Gasteiger partial charge in [-0.25, -0.2) is 13.8 Å². The number of thiophene rings is 1. The minimum Gasteiger partial charge on any atom is -0.494 e. The van der Waals surface area contributed by atoms with Gasteiger partial charge in [-0.2, -0.15) is 15.6 Å². The molecular formula is C24H16FN7O3S. The number of hydrogen-bond acceptors (Lipinski definition) is 8. The Bertz CT molecular complexity index is 1890. The van der Waals surface area contributed by atoms with E-state index in [2.05, 4.69) is 10.1 Å². The Balaban J connectivity index is 1.87. The van der Waals surface area contributed by atoms with Gasteiger partial charge in [-0.05, 0) is 18.2 Å². The normalized spacial score (nSPS) is 11.0. The van der Waals surface area contributed by atoms with Crippen LogP contribution < -0.4 is 16.0 Å². The van der Waals surface area contributed by atoms with Gasteiger partial charge in [0.25, 0.3) is 5.56 Å². The number of aryl methyl sites for hydroxylation is 2. The van der Waals surface area contributed by atoms with Gasteiger partial charge in [0, 0.05) is 35.6 Å². The van der Waals surface area contributed by atoms with Crippen LogP contribution in [0.3, 0.4) is 0 Å². The molecule has 4 heterocycles. The van der Waals surface area contributed by atoms with E-state index in [0.717, 1.165) is 22.0 Å². The molecule has 0 aliphatic carbocycles. The van der Waals surface area contributed by atoms with Crippen molar-refractivity contribution in [2.24, 2.45) is 7.05 Å². The van der Waals surface area contributed by atoms with Gasteiger partial charge in [-0.1, -0.05) is 0 Å². The molecule has 0 spiro atoms. The molecule has 0 saturated carbocycles. The van der Waals surface area contributed by atoms with E-state index in [1.165, 1.54) is 23.9 Å². The lowest BCUT2D eigenvalue weighted by Gasteiger charge is -2.12. The number of hydrogen-bond donors (Lipinski definition) is 0. The molecule has 178 valence electrons. The highest BCUT2D eigenvalue weighted by atomic mass is 32.1. The van der Waals surface area contributed by atoms with Crippen molar-refractivity contribution >= 4 is 32.5 Å². The first-order valence-corrected chi connectivity index (χ1v) is 11.4. The maximum Gasteiger partial charge on any atom is 0.336 e. The summed E-state index contributed by atoms with van der Waals surface area (Å²) in [6.07, 6.45) is 4.61.